The molecule has 0 aliphatic rings. The largest absolute Gasteiger partial charge is 0.264 e. The van der Waals surface area contributed by atoms with Crippen LogP contribution in [0.4, 0.5) is 0 Å². The molecule has 4 heteroatoms. The van der Waals surface area contributed by atoms with Crippen molar-refractivity contribution >= 4 is 21.6 Å². The van der Waals surface area contributed by atoms with Crippen molar-refractivity contribution in [1.82, 2.24) is 9.97 Å². The summed E-state index contributed by atoms with van der Waals surface area (Å²) in [6.07, 6.45) is 3.55. The summed E-state index contributed by atoms with van der Waals surface area (Å²) < 4.78 is 1.15. The van der Waals surface area contributed by atoms with Crippen LogP contribution < -0.4 is 0 Å². The Bertz CT molecular complexity index is 996. The van der Waals surface area contributed by atoms with E-state index in [1.165, 1.54) is 0 Å². The van der Waals surface area contributed by atoms with Crippen LogP contribution in [0.5, 0.6) is 0 Å². The van der Waals surface area contributed by atoms with E-state index in [1.807, 2.05) is 42.5 Å². The molecule has 0 radical (unpaired) electrons. The van der Waals surface area contributed by atoms with Gasteiger partial charge in [-0.05, 0) is 42.0 Å². The molecule has 3 nitrogen and oxygen atoms in total. The molecule has 0 aliphatic carbocycles. The fourth-order valence-corrected chi connectivity index (χ4v) is 3.46. The highest BCUT2D eigenvalue weighted by atomic mass is 32.1. The molecule has 0 unspecified atom stereocenters. The van der Waals surface area contributed by atoms with Crippen LogP contribution in [0.3, 0.4) is 0 Å². The first-order chi connectivity index (χ1) is 11.3. The molecule has 2 heterocycles. The van der Waals surface area contributed by atoms with Crippen LogP contribution in [0.1, 0.15) is 5.56 Å². The van der Waals surface area contributed by atoms with Crippen LogP contribution >= 0.6 is 11.3 Å². The number of thiazole rings is 1. The molecule has 108 valence electrons. The third-order valence-electron chi connectivity index (χ3n) is 3.60. The molecule has 0 amide bonds. The number of hydrogen-bond acceptors (Lipinski definition) is 4. The Morgan fingerprint density at radius 1 is 0.913 bits per heavy atom. The molecule has 0 spiro atoms. The van der Waals surface area contributed by atoms with Crippen LogP contribution in [0.25, 0.3) is 31.9 Å². The quantitative estimate of drug-likeness (QED) is 0.529. The van der Waals surface area contributed by atoms with Gasteiger partial charge in [0.25, 0.3) is 0 Å². The third-order valence-corrected chi connectivity index (χ3v) is 4.68. The zero-order chi connectivity index (χ0) is 15.6. The lowest BCUT2D eigenvalue weighted by atomic mass is 10.0. The zero-order valence-corrected chi connectivity index (χ0v) is 12.9. The van der Waals surface area contributed by atoms with E-state index in [-0.39, 0.29) is 0 Å². The lowest BCUT2D eigenvalue weighted by Gasteiger charge is -2.04. The summed E-state index contributed by atoms with van der Waals surface area (Å²) in [5, 5.41) is 10.3. The van der Waals surface area contributed by atoms with Gasteiger partial charge in [0.2, 0.25) is 0 Å². The van der Waals surface area contributed by atoms with Gasteiger partial charge in [-0.25, -0.2) is 4.98 Å². The van der Waals surface area contributed by atoms with Crippen molar-refractivity contribution in [3.05, 3.63) is 72.6 Å². The normalized spacial score (nSPS) is 10.6. The minimum absolute atomic E-state index is 0.626. The van der Waals surface area contributed by atoms with Gasteiger partial charge in [-0.3, -0.25) is 4.98 Å². The maximum absolute atomic E-state index is 9.34. The van der Waals surface area contributed by atoms with E-state index < -0.39 is 0 Å². The lowest BCUT2D eigenvalue weighted by molar-refractivity contribution is 1.33. The first-order valence-electron chi connectivity index (χ1n) is 7.15. The number of hydrogen-bond donors (Lipinski definition) is 0. The highest BCUT2D eigenvalue weighted by molar-refractivity contribution is 7.21. The number of rotatable bonds is 2. The first kappa shape index (κ1) is 13.6. The second-order valence-corrected chi connectivity index (χ2v) is 6.17. The molecular formula is C19H11N3S. The Balaban J connectivity index is 1.90. The summed E-state index contributed by atoms with van der Waals surface area (Å²) in [5.74, 6) is 0. The highest BCUT2D eigenvalue weighted by Crippen LogP contribution is 2.33. The third kappa shape index (κ3) is 2.59. The van der Waals surface area contributed by atoms with Crippen LogP contribution in [0.15, 0.2) is 67.0 Å². The van der Waals surface area contributed by atoms with Gasteiger partial charge in [0.1, 0.15) is 5.01 Å². The van der Waals surface area contributed by atoms with Crippen LogP contribution in [-0.2, 0) is 0 Å². The van der Waals surface area contributed by atoms with Crippen LogP contribution in [0.2, 0.25) is 0 Å². The van der Waals surface area contributed by atoms with E-state index in [0.29, 0.717) is 5.56 Å². The molecule has 0 atom stereocenters. The maximum Gasteiger partial charge on any atom is 0.124 e. The molecule has 0 N–H and O–H groups in total. The van der Waals surface area contributed by atoms with E-state index in [2.05, 4.69) is 28.2 Å². The molecule has 2 aromatic heterocycles. The second-order valence-electron chi connectivity index (χ2n) is 5.14. The molecule has 0 saturated carbocycles. The number of benzene rings is 2. The van der Waals surface area contributed by atoms with E-state index in [1.54, 1.807) is 23.7 Å². The van der Waals surface area contributed by atoms with Crippen LogP contribution in [-0.4, -0.2) is 9.97 Å². The van der Waals surface area contributed by atoms with Gasteiger partial charge >= 0.3 is 0 Å². The highest BCUT2D eigenvalue weighted by Gasteiger charge is 2.09. The maximum atomic E-state index is 9.34. The number of aromatic nitrogens is 2. The van der Waals surface area contributed by atoms with Gasteiger partial charge < -0.3 is 0 Å². The Kier molecular flexibility index (Phi) is 3.34. The molecule has 0 saturated heterocycles. The second kappa shape index (κ2) is 5.64. The number of para-hydroxylation sites is 1. The Labute approximate surface area is 137 Å². The average Bonchev–Trinajstić information content (AvgIpc) is 3.06. The minimum atomic E-state index is 0.626. The molecule has 4 aromatic rings. The van der Waals surface area contributed by atoms with Crippen molar-refractivity contribution in [2.75, 3.05) is 0 Å². The van der Waals surface area contributed by atoms with E-state index in [4.69, 9.17) is 0 Å². The first-order valence-corrected chi connectivity index (χ1v) is 7.97. The van der Waals surface area contributed by atoms with Gasteiger partial charge in [0.05, 0.1) is 21.8 Å². The summed E-state index contributed by atoms with van der Waals surface area (Å²) in [6, 6.07) is 20.0. The zero-order valence-electron chi connectivity index (χ0n) is 12.1. The molecule has 0 fully saturated rings. The molecular weight excluding hydrogens is 302 g/mol. The van der Waals surface area contributed by atoms with Crippen molar-refractivity contribution in [3.63, 3.8) is 0 Å². The summed E-state index contributed by atoms with van der Waals surface area (Å²) in [6.45, 7) is 0. The fraction of sp³-hybridized carbons (Fsp3) is 0. The van der Waals surface area contributed by atoms with Crippen molar-refractivity contribution in [2.45, 2.75) is 0 Å². The molecule has 2 aromatic carbocycles. The van der Waals surface area contributed by atoms with Crippen molar-refractivity contribution < 1.29 is 0 Å². The van der Waals surface area contributed by atoms with Gasteiger partial charge in [-0.1, -0.05) is 18.2 Å². The Morgan fingerprint density at radius 2 is 1.78 bits per heavy atom. The number of nitrogens with zero attached hydrogens (tertiary/aromatic N) is 3. The van der Waals surface area contributed by atoms with Crippen molar-refractivity contribution in [2.24, 2.45) is 0 Å². The molecule has 0 aliphatic heterocycles. The number of fused-ring (bicyclic) bond motifs is 1. The smallest absolute Gasteiger partial charge is 0.124 e. The minimum Gasteiger partial charge on any atom is -0.264 e. The predicted molar refractivity (Wildman–Crippen MR) is 93.0 cm³/mol. The van der Waals surface area contributed by atoms with Gasteiger partial charge in [-0.2, -0.15) is 5.26 Å². The average molecular weight is 313 g/mol. The van der Waals surface area contributed by atoms with E-state index in [9.17, 15) is 5.26 Å². The summed E-state index contributed by atoms with van der Waals surface area (Å²) in [7, 11) is 0. The number of nitriles is 1. The Hall–Kier alpha value is -3.03. The molecule has 4 rings (SSSR count). The Morgan fingerprint density at radius 3 is 2.57 bits per heavy atom. The monoisotopic (exact) mass is 313 g/mol. The van der Waals surface area contributed by atoms with E-state index >= 15 is 0 Å². The lowest BCUT2D eigenvalue weighted by Crippen LogP contribution is -1.85. The van der Waals surface area contributed by atoms with Gasteiger partial charge in [0, 0.05) is 23.5 Å². The predicted octanol–water partition coefficient (Wildman–Crippen LogP) is 4.90. The standard InChI is InChI=1S/C19H11N3S/c20-11-13-8-15(14-4-3-7-21-12-14)10-16(9-13)19-22-17-5-1-2-6-18(17)23-19/h1-10,12H. The van der Waals surface area contributed by atoms with Crippen molar-refractivity contribution in [3.8, 4) is 27.8 Å². The summed E-state index contributed by atoms with van der Waals surface area (Å²) >= 11 is 1.64. The summed E-state index contributed by atoms with van der Waals surface area (Å²) in [4.78, 5) is 8.84. The topological polar surface area (TPSA) is 49.6 Å². The molecule has 23 heavy (non-hydrogen) atoms. The van der Waals surface area contributed by atoms with Gasteiger partial charge in [-0.15, -0.1) is 11.3 Å². The summed E-state index contributed by atoms with van der Waals surface area (Å²) in [5.41, 5.74) is 4.54. The van der Waals surface area contributed by atoms with E-state index in [0.717, 1.165) is 31.9 Å². The fourth-order valence-electron chi connectivity index (χ4n) is 2.51. The van der Waals surface area contributed by atoms with Crippen molar-refractivity contribution in [1.29, 1.82) is 5.26 Å². The number of pyridine rings is 1. The molecule has 0 bridgehead atoms. The van der Waals surface area contributed by atoms with Gasteiger partial charge in [0.15, 0.2) is 0 Å². The SMILES string of the molecule is N#Cc1cc(-c2cccnc2)cc(-c2nc3ccccc3s2)c1. The van der Waals surface area contributed by atoms with Crippen LogP contribution in [0, 0.1) is 11.3 Å².